The third kappa shape index (κ3) is 7.55. The van der Waals surface area contributed by atoms with Crippen LogP contribution in [0.3, 0.4) is 0 Å². The summed E-state index contributed by atoms with van der Waals surface area (Å²) in [5, 5.41) is -4.62. The van der Waals surface area contributed by atoms with Crippen LogP contribution in [0, 0.1) is 0 Å². The van der Waals surface area contributed by atoms with Gasteiger partial charge in [0.25, 0.3) is 0 Å². The molecule has 13 heteroatoms. The standard InChI is InChI=1S/C18H26F7NO4S/c1-6-26(12(4)5)14(28)16(17(21,22)23,30-13(27)11(2)3)29-10-8-7-9-15(19,20)18(24,25)31/h12,31H,2,6-10H2,1,3-5H3. The first kappa shape index (κ1) is 29.5. The molecule has 31 heavy (non-hydrogen) atoms. The number of unbranched alkanes of at least 4 members (excludes halogenated alkanes) is 1. The van der Waals surface area contributed by atoms with Crippen molar-refractivity contribution >= 4 is 24.5 Å². The molecule has 0 aliphatic rings. The van der Waals surface area contributed by atoms with Crippen molar-refractivity contribution in [3.63, 3.8) is 0 Å². The third-order valence-corrected chi connectivity index (χ3v) is 4.42. The van der Waals surface area contributed by atoms with E-state index in [9.17, 15) is 40.3 Å². The molecule has 1 atom stereocenters. The number of thiol groups is 1. The number of rotatable bonds is 12. The first-order valence-electron chi connectivity index (χ1n) is 9.22. The zero-order valence-electron chi connectivity index (χ0n) is 17.5. The van der Waals surface area contributed by atoms with Gasteiger partial charge in [-0.1, -0.05) is 19.2 Å². The number of halogens is 7. The number of carbonyl (C=O) groups is 2. The van der Waals surface area contributed by atoms with Crippen LogP contribution in [0.2, 0.25) is 0 Å². The number of amides is 1. The average molecular weight is 485 g/mol. The summed E-state index contributed by atoms with van der Waals surface area (Å²) in [4.78, 5) is 25.3. The SMILES string of the molecule is C=C(C)C(=O)OC(OCCCCC(F)(F)C(F)(F)S)(C(=O)N(CC)C(C)C)C(F)(F)F. The van der Waals surface area contributed by atoms with Crippen LogP contribution < -0.4 is 0 Å². The lowest BCUT2D eigenvalue weighted by Crippen LogP contribution is -2.63. The lowest BCUT2D eigenvalue weighted by atomic mass is 10.1. The quantitative estimate of drug-likeness (QED) is 0.106. The number of carbonyl (C=O) groups excluding carboxylic acids is 2. The summed E-state index contributed by atoms with van der Waals surface area (Å²) >= 11 is 2.50. The molecule has 0 saturated carbocycles. The lowest BCUT2D eigenvalue weighted by Gasteiger charge is -2.38. The summed E-state index contributed by atoms with van der Waals surface area (Å²) in [5.41, 5.74) is -0.451. The fraction of sp³-hybridized carbons (Fsp3) is 0.778. The Morgan fingerprint density at radius 1 is 1.06 bits per heavy atom. The topological polar surface area (TPSA) is 55.8 Å². The summed E-state index contributed by atoms with van der Waals surface area (Å²) < 4.78 is 103. The molecule has 0 aromatic rings. The van der Waals surface area contributed by atoms with Gasteiger partial charge in [0.05, 0.1) is 6.61 Å². The molecule has 0 radical (unpaired) electrons. The summed E-state index contributed by atoms with van der Waals surface area (Å²) in [7, 11) is 0. The molecule has 0 aromatic heterocycles. The van der Waals surface area contributed by atoms with Gasteiger partial charge in [0.1, 0.15) is 0 Å². The largest absolute Gasteiger partial charge is 0.466 e. The van der Waals surface area contributed by atoms with Crippen molar-refractivity contribution in [2.75, 3.05) is 13.2 Å². The van der Waals surface area contributed by atoms with E-state index in [1.807, 2.05) is 0 Å². The molecule has 0 rings (SSSR count). The van der Waals surface area contributed by atoms with Crippen molar-refractivity contribution in [2.45, 2.75) is 76.1 Å². The lowest BCUT2D eigenvalue weighted by molar-refractivity contribution is -0.351. The van der Waals surface area contributed by atoms with E-state index in [4.69, 9.17) is 0 Å². The molecule has 0 aliphatic heterocycles. The van der Waals surface area contributed by atoms with Crippen LogP contribution in [0.15, 0.2) is 12.2 Å². The molecule has 0 bridgehead atoms. The highest BCUT2D eigenvalue weighted by molar-refractivity contribution is 7.81. The van der Waals surface area contributed by atoms with Crippen molar-refractivity contribution < 1.29 is 49.8 Å². The van der Waals surface area contributed by atoms with Gasteiger partial charge < -0.3 is 14.4 Å². The zero-order chi connectivity index (χ0) is 24.8. The van der Waals surface area contributed by atoms with E-state index in [1.165, 1.54) is 20.8 Å². The summed E-state index contributed by atoms with van der Waals surface area (Å²) in [6.07, 6.45) is -8.18. The van der Waals surface area contributed by atoms with E-state index in [2.05, 4.69) is 28.7 Å². The highest BCUT2D eigenvalue weighted by atomic mass is 32.1. The van der Waals surface area contributed by atoms with Crippen LogP contribution in [0.1, 0.15) is 47.0 Å². The highest BCUT2D eigenvalue weighted by Gasteiger charge is 2.67. The van der Waals surface area contributed by atoms with E-state index in [-0.39, 0.29) is 6.54 Å². The van der Waals surface area contributed by atoms with Crippen molar-refractivity contribution in [3.8, 4) is 0 Å². The van der Waals surface area contributed by atoms with Gasteiger partial charge in [-0.05, 0) is 40.5 Å². The number of hydrogen-bond donors (Lipinski definition) is 1. The van der Waals surface area contributed by atoms with Gasteiger partial charge in [-0.2, -0.15) is 30.7 Å². The predicted octanol–water partition coefficient (Wildman–Crippen LogP) is 4.97. The van der Waals surface area contributed by atoms with E-state index < -0.39 is 72.5 Å². The van der Waals surface area contributed by atoms with Gasteiger partial charge >= 0.3 is 35.0 Å². The Hall–Kier alpha value is -1.50. The molecular formula is C18H26F7NO4S. The molecule has 0 fully saturated rings. The van der Waals surface area contributed by atoms with Crippen LogP contribution in [0.25, 0.3) is 0 Å². The van der Waals surface area contributed by atoms with Gasteiger partial charge in [0.2, 0.25) is 0 Å². The zero-order valence-corrected chi connectivity index (χ0v) is 18.4. The van der Waals surface area contributed by atoms with E-state index >= 15 is 0 Å². The van der Waals surface area contributed by atoms with Crippen molar-refractivity contribution in [1.82, 2.24) is 4.90 Å². The maximum absolute atomic E-state index is 14.0. The van der Waals surface area contributed by atoms with Crippen LogP contribution in [0.4, 0.5) is 30.7 Å². The van der Waals surface area contributed by atoms with Gasteiger partial charge in [0, 0.05) is 24.6 Å². The highest BCUT2D eigenvalue weighted by Crippen LogP contribution is 2.41. The molecule has 0 N–H and O–H groups in total. The number of likely N-dealkylation sites (N-methyl/N-ethyl adjacent to an activating group) is 1. The van der Waals surface area contributed by atoms with Gasteiger partial charge in [0.15, 0.2) is 0 Å². The molecule has 1 unspecified atom stereocenters. The predicted molar refractivity (Wildman–Crippen MR) is 101 cm³/mol. The minimum atomic E-state index is -5.54. The maximum Gasteiger partial charge on any atom is 0.466 e. The Bertz CT molecular complexity index is 650. The van der Waals surface area contributed by atoms with Gasteiger partial charge in [-0.3, -0.25) is 4.79 Å². The third-order valence-electron chi connectivity index (χ3n) is 4.10. The number of nitrogens with zero attached hydrogens (tertiary/aromatic N) is 1. The molecule has 182 valence electrons. The molecule has 0 aromatic carbocycles. The van der Waals surface area contributed by atoms with E-state index in [1.54, 1.807) is 0 Å². The minimum absolute atomic E-state index is 0.189. The minimum Gasteiger partial charge on any atom is -0.412 e. The molecule has 5 nitrogen and oxygen atoms in total. The molecule has 0 aliphatic carbocycles. The first-order chi connectivity index (χ1) is 13.8. The Kier molecular flexibility index (Phi) is 10.4. The van der Waals surface area contributed by atoms with Crippen molar-refractivity contribution in [2.24, 2.45) is 0 Å². The Balaban J connectivity index is 5.74. The Labute approximate surface area is 181 Å². The fourth-order valence-corrected chi connectivity index (χ4v) is 2.47. The number of ether oxygens (including phenoxy) is 2. The summed E-state index contributed by atoms with van der Waals surface area (Å²) in [6, 6.07) is -0.734. The molecule has 0 saturated heterocycles. The fourth-order valence-electron chi connectivity index (χ4n) is 2.36. The van der Waals surface area contributed by atoms with E-state index in [0.717, 1.165) is 11.8 Å². The molecule has 0 spiro atoms. The van der Waals surface area contributed by atoms with E-state index in [0.29, 0.717) is 0 Å². The Morgan fingerprint density at radius 2 is 1.58 bits per heavy atom. The van der Waals surface area contributed by atoms with Crippen molar-refractivity contribution in [1.29, 1.82) is 0 Å². The van der Waals surface area contributed by atoms with Crippen LogP contribution in [0.5, 0.6) is 0 Å². The maximum atomic E-state index is 14.0. The van der Waals surface area contributed by atoms with Crippen LogP contribution >= 0.6 is 12.6 Å². The second kappa shape index (κ2) is 10.9. The average Bonchev–Trinajstić information content (AvgIpc) is 2.57. The number of hydrogen-bond acceptors (Lipinski definition) is 5. The monoisotopic (exact) mass is 485 g/mol. The number of alkyl halides is 7. The molecule has 0 heterocycles. The first-order valence-corrected chi connectivity index (χ1v) is 9.67. The van der Waals surface area contributed by atoms with Crippen LogP contribution in [-0.2, 0) is 19.1 Å². The van der Waals surface area contributed by atoms with Crippen molar-refractivity contribution in [3.05, 3.63) is 12.2 Å². The summed E-state index contributed by atoms with van der Waals surface area (Å²) in [5.74, 6) is -11.8. The second-order valence-electron chi connectivity index (χ2n) is 7.02. The van der Waals surface area contributed by atoms with Gasteiger partial charge in [-0.25, -0.2) is 4.79 Å². The smallest absolute Gasteiger partial charge is 0.412 e. The van der Waals surface area contributed by atoms with Crippen LogP contribution in [-0.4, -0.2) is 59.1 Å². The second-order valence-corrected chi connectivity index (χ2v) is 7.58. The molecular weight excluding hydrogens is 459 g/mol. The van der Waals surface area contributed by atoms with Gasteiger partial charge in [-0.15, -0.1) is 0 Å². The number of esters is 1. The molecule has 1 amide bonds. The summed E-state index contributed by atoms with van der Waals surface area (Å²) in [6.45, 7) is 7.26. The normalized spacial score (nSPS) is 14.9. The Morgan fingerprint density at radius 3 is 1.94 bits per heavy atom.